The van der Waals surface area contributed by atoms with Gasteiger partial charge in [-0.3, -0.25) is 0 Å². The van der Waals surface area contributed by atoms with Gasteiger partial charge in [-0.05, 0) is 46.7 Å². The van der Waals surface area contributed by atoms with Gasteiger partial charge in [-0.15, -0.1) is 0 Å². The molecule has 0 spiro atoms. The van der Waals surface area contributed by atoms with Crippen LogP contribution in [-0.4, -0.2) is 30.6 Å². The highest BCUT2D eigenvalue weighted by atomic mass is 15.1. The van der Waals surface area contributed by atoms with E-state index in [4.69, 9.17) is 5.73 Å². The van der Waals surface area contributed by atoms with Gasteiger partial charge in [0.15, 0.2) is 0 Å². The van der Waals surface area contributed by atoms with Gasteiger partial charge < -0.3 is 10.6 Å². The number of nitrogens with two attached hydrogens (primary N) is 1. The first kappa shape index (κ1) is 12.9. The predicted molar refractivity (Wildman–Crippen MR) is 59.9 cm³/mol. The molecule has 0 amide bonds. The number of rotatable bonds is 7. The van der Waals surface area contributed by atoms with Crippen LogP contribution in [0, 0.1) is 0 Å². The van der Waals surface area contributed by atoms with E-state index < -0.39 is 0 Å². The number of hydrogen-bond donors (Lipinski definition) is 1. The molecule has 0 radical (unpaired) electrons. The Labute approximate surface area is 83.5 Å². The van der Waals surface area contributed by atoms with Crippen LogP contribution in [0.15, 0.2) is 0 Å². The van der Waals surface area contributed by atoms with Crippen LogP contribution in [0.25, 0.3) is 0 Å². The van der Waals surface area contributed by atoms with E-state index in [9.17, 15) is 0 Å². The average molecular weight is 186 g/mol. The second-order valence-electron chi connectivity index (χ2n) is 4.08. The van der Waals surface area contributed by atoms with Gasteiger partial charge in [-0.25, -0.2) is 0 Å². The summed E-state index contributed by atoms with van der Waals surface area (Å²) in [6, 6.07) is 1.38. The molecule has 2 unspecified atom stereocenters. The van der Waals surface area contributed by atoms with Crippen LogP contribution in [0.1, 0.15) is 46.5 Å². The molecule has 0 aliphatic rings. The molecule has 2 N–H and O–H groups in total. The molecule has 80 valence electrons. The summed E-state index contributed by atoms with van der Waals surface area (Å²) in [5, 5.41) is 0. The average Bonchev–Trinajstić information content (AvgIpc) is 2.13. The van der Waals surface area contributed by atoms with Crippen molar-refractivity contribution < 1.29 is 0 Å². The molecule has 0 aromatic heterocycles. The Morgan fingerprint density at radius 2 is 1.69 bits per heavy atom. The molecule has 2 heteroatoms. The smallest absolute Gasteiger partial charge is 0.00671 e. The van der Waals surface area contributed by atoms with E-state index >= 15 is 0 Å². The van der Waals surface area contributed by atoms with Gasteiger partial charge in [-0.2, -0.15) is 0 Å². The molecule has 2 nitrogen and oxygen atoms in total. The second kappa shape index (κ2) is 7.34. The van der Waals surface area contributed by atoms with Gasteiger partial charge in [0.25, 0.3) is 0 Å². The van der Waals surface area contributed by atoms with Gasteiger partial charge in [0.2, 0.25) is 0 Å². The molecule has 0 aromatic rings. The van der Waals surface area contributed by atoms with Crippen LogP contribution in [-0.2, 0) is 0 Å². The maximum absolute atomic E-state index is 5.49. The van der Waals surface area contributed by atoms with Crippen LogP contribution in [0.4, 0.5) is 0 Å². The predicted octanol–water partition coefficient (Wildman–Crippen LogP) is 2.23. The highest BCUT2D eigenvalue weighted by Crippen LogP contribution is 2.11. The van der Waals surface area contributed by atoms with E-state index in [1.165, 1.54) is 19.3 Å². The van der Waals surface area contributed by atoms with Crippen molar-refractivity contribution in [1.29, 1.82) is 0 Å². The molecule has 0 saturated heterocycles. The minimum absolute atomic E-state index is 0.671. The first-order chi connectivity index (χ1) is 6.13. The number of nitrogens with zero attached hydrogens (tertiary/aromatic N) is 1. The maximum Gasteiger partial charge on any atom is 0.00671 e. The van der Waals surface area contributed by atoms with Crippen molar-refractivity contribution in [3.05, 3.63) is 0 Å². The Hall–Kier alpha value is -0.0800. The number of hydrogen-bond acceptors (Lipinski definition) is 2. The Bertz CT molecular complexity index is 115. The molecule has 0 aliphatic carbocycles. The SMILES string of the molecule is CCCC(C)N(C)C(C)CCCN. The van der Waals surface area contributed by atoms with Crippen LogP contribution in [0.5, 0.6) is 0 Å². The molecule has 0 aliphatic heterocycles. The first-order valence-corrected chi connectivity index (χ1v) is 5.55. The highest BCUT2D eigenvalue weighted by molar-refractivity contribution is 4.69. The summed E-state index contributed by atoms with van der Waals surface area (Å²) in [5.74, 6) is 0. The zero-order valence-electron chi connectivity index (χ0n) is 9.71. The summed E-state index contributed by atoms with van der Waals surface area (Å²) in [6.07, 6.45) is 4.93. The highest BCUT2D eigenvalue weighted by Gasteiger charge is 2.13. The Morgan fingerprint density at radius 1 is 1.15 bits per heavy atom. The third-order valence-electron chi connectivity index (χ3n) is 2.92. The standard InChI is InChI=1S/C11H26N2/c1-5-7-10(2)13(4)11(3)8-6-9-12/h10-11H,5-9,12H2,1-4H3. The fourth-order valence-electron chi connectivity index (χ4n) is 1.67. The molecule has 0 rings (SSSR count). The van der Waals surface area contributed by atoms with Crippen molar-refractivity contribution in [2.45, 2.75) is 58.5 Å². The quantitative estimate of drug-likeness (QED) is 0.660. The van der Waals surface area contributed by atoms with E-state index in [1.807, 2.05) is 0 Å². The molecular formula is C11H26N2. The lowest BCUT2D eigenvalue weighted by Crippen LogP contribution is -2.37. The van der Waals surface area contributed by atoms with Crippen molar-refractivity contribution in [3.8, 4) is 0 Å². The van der Waals surface area contributed by atoms with E-state index in [2.05, 4.69) is 32.7 Å². The van der Waals surface area contributed by atoms with Crippen molar-refractivity contribution in [3.63, 3.8) is 0 Å². The van der Waals surface area contributed by atoms with E-state index in [0.29, 0.717) is 12.1 Å². The van der Waals surface area contributed by atoms with Crippen LogP contribution in [0.3, 0.4) is 0 Å². The van der Waals surface area contributed by atoms with E-state index in [-0.39, 0.29) is 0 Å². The molecule has 0 heterocycles. The van der Waals surface area contributed by atoms with Crippen molar-refractivity contribution in [2.75, 3.05) is 13.6 Å². The summed E-state index contributed by atoms with van der Waals surface area (Å²) in [7, 11) is 2.22. The Kier molecular flexibility index (Phi) is 7.29. The second-order valence-corrected chi connectivity index (χ2v) is 4.08. The van der Waals surface area contributed by atoms with Gasteiger partial charge >= 0.3 is 0 Å². The summed E-state index contributed by atoms with van der Waals surface area (Å²) >= 11 is 0. The van der Waals surface area contributed by atoms with Gasteiger partial charge in [0.05, 0.1) is 0 Å². The summed E-state index contributed by atoms with van der Waals surface area (Å²) in [6.45, 7) is 7.67. The van der Waals surface area contributed by atoms with E-state index in [0.717, 1.165) is 13.0 Å². The summed E-state index contributed by atoms with van der Waals surface area (Å²) < 4.78 is 0. The normalized spacial score (nSPS) is 16.2. The fourth-order valence-corrected chi connectivity index (χ4v) is 1.67. The van der Waals surface area contributed by atoms with Gasteiger partial charge in [0.1, 0.15) is 0 Å². The Balaban J connectivity index is 3.71. The van der Waals surface area contributed by atoms with Crippen LogP contribution < -0.4 is 5.73 Å². The summed E-state index contributed by atoms with van der Waals surface area (Å²) in [5.41, 5.74) is 5.49. The zero-order valence-corrected chi connectivity index (χ0v) is 9.71. The minimum atomic E-state index is 0.671. The lowest BCUT2D eigenvalue weighted by Gasteiger charge is -2.30. The third kappa shape index (κ3) is 5.27. The molecule has 0 fully saturated rings. The Morgan fingerprint density at radius 3 is 2.15 bits per heavy atom. The van der Waals surface area contributed by atoms with Crippen LogP contribution in [0.2, 0.25) is 0 Å². The molecule has 13 heavy (non-hydrogen) atoms. The lowest BCUT2D eigenvalue weighted by molar-refractivity contribution is 0.177. The summed E-state index contributed by atoms with van der Waals surface area (Å²) in [4.78, 5) is 2.47. The monoisotopic (exact) mass is 186 g/mol. The largest absolute Gasteiger partial charge is 0.330 e. The lowest BCUT2D eigenvalue weighted by atomic mass is 10.1. The zero-order chi connectivity index (χ0) is 10.3. The topological polar surface area (TPSA) is 29.3 Å². The van der Waals surface area contributed by atoms with E-state index in [1.54, 1.807) is 0 Å². The molecule has 0 saturated carbocycles. The van der Waals surface area contributed by atoms with Gasteiger partial charge in [0, 0.05) is 12.1 Å². The third-order valence-corrected chi connectivity index (χ3v) is 2.92. The molecular weight excluding hydrogens is 160 g/mol. The van der Waals surface area contributed by atoms with Crippen molar-refractivity contribution in [2.24, 2.45) is 5.73 Å². The molecule has 2 atom stereocenters. The maximum atomic E-state index is 5.49. The molecule has 0 aromatic carbocycles. The molecule has 0 bridgehead atoms. The van der Waals surface area contributed by atoms with Crippen LogP contribution >= 0.6 is 0 Å². The van der Waals surface area contributed by atoms with Crippen molar-refractivity contribution in [1.82, 2.24) is 4.90 Å². The van der Waals surface area contributed by atoms with Crippen molar-refractivity contribution >= 4 is 0 Å². The first-order valence-electron chi connectivity index (χ1n) is 5.55. The fraction of sp³-hybridized carbons (Fsp3) is 1.00. The minimum Gasteiger partial charge on any atom is -0.330 e. The van der Waals surface area contributed by atoms with Gasteiger partial charge in [-0.1, -0.05) is 13.3 Å².